The Morgan fingerprint density at radius 3 is 2.57 bits per heavy atom. The summed E-state index contributed by atoms with van der Waals surface area (Å²) in [7, 11) is 0. The molecule has 4 heteroatoms. The summed E-state index contributed by atoms with van der Waals surface area (Å²) in [4.78, 5) is 5.88. The summed E-state index contributed by atoms with van der Waals surface area (Å²) in [5.74, 6) is 0.714. The quantitative estimate of drug-likeness (QED) is 0.674. The van der Waals surface area contributed by atoms with Crippen LogP contribution in [0.1, 0.15) is 69.8 Å². The minimum atomic E-state index is 0.357. The zero-order valence-corrected chi connectivity index (χ0v) is 15.2. The van der Waals surface area contributed by atoms with Crippen LogP contribution >= 0.6 is 11.3 Å². The lowest BCUT2D eigenvalue weighted by atomic mass is 9.76. The van der Waals surface area contributed by atoms with Crippen molar-refractivity contribution in [3.63, 3.8) is 0 Å². The van der Waals surface area contributed by atoms with E-state index in [2.05, 4.69) is 44.9 Å². The molecule has 0 saturated carbocycles. The fourth-order valence-corrected chi connectivity index (χ4v) is 3.54. The highest BCUT2D eigenvalue weighted by Crippen LogP contribution is 2.32. The van der Waals surface area contributed by atoms with Gasteiger partial charge in [-0.2, -0.15) is 0 Å². The fourth-order valence-electron chi connectivity index (χ4n) is 2.65. The number of hydrogen-bond donors (Lipinski definition) is 2. The van der Waals surface area contributed by atoms with Gasteiger partial charge in [0.05, 0.1) is 6.04 Å². The van der Waals surface area contributed by atoms with Gasteiger partial charge >= 0.3 is 0 Å². The summed E-state index contributed by atoms with van der Waals surface area (Å²) >= 11 is 1.83. The zero-order chi connectivity index (χ0) is 15.9. The van der Waals surface area contributed by atoms with Crippen LogP contribution in [-0.2, 0) is 6.42 Å². The third-order valence-electron chi connectivity index (χ3n) is 4.21. The van der Waals surface area contributed by atoms with Crippen LogP contribution in [0.25, 0.3) is 0 Å². The second kappa shape index (κ2) is 8.86. The molecule has 1 aromatic rings. The van der Waals surface area contributed by atoms with Gasteiger partial charge in [0, 0.05) is 11.1 Å². The lowest BCUT2D eigenvalue weighted by Crippen LogP contribution is -2.25. The highest BCUT2D eigenvalue weighted by atomic mass is 32.1. The molecule has 0 aromatic carbocycles. The normalized spacial score (nSPS) is 15.1. The summed E-state index contributed by atoms with van der Waals surface area (Å²) in [6, 6.07) is 0.359. The second-order valence-electron chi connectivity index (χ2n) is 6.98. The van der Waals surface area contributed by atoms with Crippen LogP contribution in [0.5, 0.6) is 0 Å². The van der Waals surface area contributed by atoms with Crippen LogP contribution < -0.4 is 11.1 Å². The van der Waals surface area contributed by atoms with Crippen LogP contribution in [0, 0.1) is 11.3 Å². The van der Waals surface area contributed by atoms with Gasteiger partial charge in [0.1, 0.15) is 5.01 Å². The van der Waals surface area contributed by atoms with Gasteiger partial charge in [-0.05, 0) is 57.0 Å². The predicted octanol–water partition coefficient (Wildman–Crippen LogP) is 4.15. The average Bonchev–Trinajstić information content (AvgIpc) is 2.89. The minimum Gasteiger partial charge on any atom is -0.330 e. The summed E-state index contributed by atoms with van der Waals surface area (Å²) in [6.45, 7) is 13.2. The summed E-state index contributed by atoms with van der Waals surface area (Å²) in [5, 5.41) is 4.81. The van der Waals surface area contributed by atoms with Crippen molar-refractivity contribution in [1.29, 1.82) is 0 Å². The van der Waals surface area contributed by atoms with E-state index in [9.17, 15) is 0 Å². The molecule has 21 heavy (non-hydrogen) atoms. The largest absolute Gasteiger partial charge is 0.330 e. The third kappa shape index (κ3) is 6.45. The first-order chi connectivity index (χ1) is 9.88. The zero-order valence-electron chi connectivity index (χ0n) is 14.4. The molecule has 3 nitrogen and oxygen atoms in total. The monoisotopic (exact) mass is 311 g/mol. The van der Waals surface area contributed by atoms with Crippen LogP contribution in [0.3, 0.4) is 0 Å². The molecule has 0 radical (unpaired) electrons. The SMILES string of the molecule is CCc1cnc(C(C)NCCCC(CCN)C(C)(C)C)s1. The molecule has 0 aliphatic heterocycles. The molecule has 2 unspecified atom stereocenters. The van der Waals surface area contributed by atoms with Gasteiger partial charge in [-0.25, -0.2) is 4.98 Å². The molecule has 2 atom stereocenters. The van der Waals surface area contributed by atoms with Crippen molar-refractivity contribution < 1.29 is 0 Å². The van der Waals surface area contributed by atoms with Crippen molar-refractivity contribution in [1.82, 2.24) is 10.3 Å². The molecule has 1 rings (SSSR count). The number of rotatable bonds is 9. The first-order valence-corrected chi connectivity index (χ1v) is 9.08. The van der Waals surface area contributed by atoms with E-state index in [-0.39, 0.29) is 0 Å². The Morgan fingerprint density at radius 2 is 2.05 bits per heavy atom. The molecule has 3 N–H and O–H groups in total. The number of nitrogens with one attached hydrogen (secondary N) is 1. The molecule has 0 aliphatic carbocycles. The van der Waals surface area contributed by atoms with Crippen molar-refractivity contribution in [3.05, 3.63) is 16.1 Å². The van der Waals surface area contributed by atoms with Gasteiger partial charge < -0.3 is 11.1 Å². The van der Waals surface area contributed by atoms with Crippen LogP contribution in [0.4, 0.5) is 0 Å². The van der Waals surface area contributed by atoms with E-state index < -0.39 is 0 Å². The Bertz CT molecular complexity index is 395. The molecule has 0 saturated heterocycles. The standard InChI is InChI=1S/C17H33N3S/c1-6-15-12-20-16(21-15)13(2)19-11-7-8-14(9-10-18)17(3,4)5/h12-14,19H,6-11,18H2,1-5H3. The van der Waals surface area contributed by atoms with Crippen LogP contribution in [-0.4, -0.2) is 18.1 Å². The van der Waals surface area contributed by atoms with E-state index in [1.807, 2.05) is 17.5 Å². The van der Waals surface area contributed by atoms with E-state index in [4.69, 9.17) is 5.73 Å². The van der Waals surface area contributed by atoms with E-state index in [1.165, 1.54) is 22.7 Å². The Balaban J connectivity index is 2.32. The van der Waals surface area contributed by atoms with Crippen molar-refractivity contribution in [2.75, 3.05) is 13.1 Å². The van der Waals surface area contributed by atoms with Crippen LogP contribution in [0.2, 0.25) is 0 Å². The summed E-state index contributed by atoms with van der Waals surface area (Å²) < 4.78 is 0. The maximum Gasteiger partial charge on any atom is 0.109 e. The van der Waals surface area contributed by atoms with Crippen LogP contribution in [0.15, 0.2) is 6.20 Å². The van der Waals surface area contributed by atoms with Crippen molar-refractivity contribution >= 4 is 11.3 Å². The number of nitrogens with two attached hydrogens (primary N) is 1. The smallest absolute Gasteiger partial charge is 0.109 e. The van der Waals surface area contributed by atoms with Gasteiger partial charge in [-0.15, -0.1) is 11.3 Å². The Hall–Kier alpha value is -0.450. The van der Waals surface area contributed by atoms with E-state index in [1.54, 1.807) is 0 Å². The number of aryl methyl sites for hydroxylation is 1. The molecule has 1 aromatic heterocycles. The van der Waals surface area contributed by atoms with E-state index >= 15 is 0 Å². The first-order valence-electron chi connectivity index (χ1n) is 8.26. The number of thiazole rings is 1. The lowest BCUT2D eigenvalue weighted by Gasteiger charge is -2.30. The highest BCUT2D eigenvalue weighted by molar-refractivity contribution is 7.11. The molecule has 0 aliphatic rings. The molecule has 0 spiro atoms. The third-order valence-corrected chi connectivity index (χ3v) is 5.53. The molecule has 1 heterocycles. The van der Waals surface area contributed by atoms with E-state index in [0.29, 0.717) is 17.4 Å². The number of hydrogen-bond acceptors (Lipinski definition) is 4. The molecule has 0 amide bonds. The summed E-state index contributed by atoms with van der Waals surface area (Å²) in [6.07, 6.45) is 6.67. The maximum absolute atomic E-state index is 5.75. The Labute approximate surface area is 134 Å². The molecular formula is C17H33N3S. The first kappa shape index (κ1) is 18.6. The van der Waals surface area contributed by atoms with E-state index in [0.717, 1.165) is 25.9 Å². The lowest BCUT2D eigenvalue weighted by molar-refractivity contribution is 0.210. The number of nitrogens with zero attached hydrogens (tertiary/aromatic N) is 1. The topological polar surface area (TPSA) is 50.9 Å². The Morgan fingerprint density at radius 1 is 1.33 bits per heavy atom. The minimum absolute atomic E-state index is 0.357. The fraction of sp³-hybridized carbons (Fsp3) is 0.824. The highest BCUT2D eigenvalue weighted by Gasteiger charge is 2.23. The van der Waals surface area contributed by atoms with Gasteiger partial charge in [0.25, 0.3) is 0 Å². The van der Waals surface area contributed by atoms with Crippen molar-refractivity contribution in [2.45, 2.75) is 66.3 Å². The maximum atomic E-state index is 5.75. The van der Waals surface area contributed by atoms with Gasteiger partial charge in [0.15, 0.2) is 0 Å². The second-order valence-corrected chi connectivity index (χ2v) is 8.12. The molecule has 122 valence electrons. The average molecular weight is 312 g/mol. The molecule has 0 fully saturated rings. The summed E-state index contributed by atoms with van der Waals surface area (Å²) in [5.41, 5.74) is 6.10. The number of aromatic nitrogens is 1. The molecular weight excluding hydrogens is 278 g/mol. The van der Waals surface area contributed by atoms with Gasteiger partial charge in [-0.3, -0.25) is 0 Å². The van der Waals surface area contributed by atoms with Gasteiger partial charge in [-0.1, -0.05) is 27.7 Å². The van der Waals surface area contributed by atoms with Gasteiger partial charge in [0.2, 0.25) is 0 Å². The molecule has 0 bridgehead atoms. The van der Waals surface area contributed by atoms with Crippen molar-refractivity contribution in [3.8, 4) is 0 Å². The van der Waals surface area contributed by atoms with Crippen molar-refractivity contribution in [2.24, 2.45) is 17.1 Å². The predicted molar refractivity (Wildman–Crippen MR) is 93.8 cm³/mol. The Kier molecular flexibility index (Phi) is 7.85.